The van der Waals surface area contributed by atoms with Crippen molar-refractivity contribution >= 4 is 29.2 Å². The highest BCUT2D eigenvalue weighted by Crippen LogP contribution is 2.28. The van der Waals surface area contributed by atoms with Crippen LogP contribution in [0.3, 0.4) is 0 Å². The van der Waals surface area contributed by atoms with Gasteiger partial charge in [0.2, 0.25) is 0 Å². The first-order valence-corrected chi connectivity index (χ1v) is 6.92. The maximum atomic E-state index is 10.8. The van der Waals surface area contributed by atoms with Gasteiger partial charge in [-0.1, -0.05) is 11.6 Å². The lowest BCUT2D eigenvalue weighted by molar-refractivity contribution is -0.384. The molecule has 0 bridgehead atoms. The zero-order valence-electron chi connectivity index (χ0n) is 12.1. The summed E-state index contributed by atoms with van der Waals surface area (Å²) >= 11 is 5.77. The second-order valence-corrected chi connectivity index (χ2v) is 5.47. The molecule has 110 valence electrons. The first kappa shape index (κ1) is 15.3. The van der Waals surface area contributed by atoms with E-state index < -0.39 is 4.92 Å². The smallest absolute Gasteiger partial charge is 0.290 e. The molecule has 0 unspecified atom stereocenters. The van der Waals surface area contributed by atoms with Crippen LogP contribution in [0.4, 0.5) is 11.4 Å². The van der Waals surface area contributed by atoms with Gasteiger partial charge in [0.05, 0.1) is 10.6 Å². The summed E-state index contributed by atoms with van der Waals surface area (Å²) in [5.41, 5.74) is 2.47. The molecule has 0 saturated heterocycles. The van der Waals surface area contributed by atoms with Crippen molar-refractivity contribution in [2.24, 2.45) is 4.99 Å². The van der Waals surface area contributed by atoms with Crippen LogP contribution in [0.5, 0.6) is 0 Å². The van der Waals surface area contributed by atoms with Crippen molar-refractivity contribution in [3.05, 3.63) is 56.9 Å². The molecule has 0 radical (unpaired) electrons. The number of nitro benzene ring substituents is 1. The highest BCUT2D eigenvalue weighted by molar-refractivity contribution is 6.32. The largest absolute Gasteiger partial charge is 0.349 e. The van der Waals surface area contributed by atoms with Crippen molar-refractivity contribution in [1.29, 1.82) is 0 Å². The number of halogens is 1. The van der Waals surface area contributed by atoms with Gasteiger partial charge in [-0.15, -0.1) is 0 Å². The van der Waals surface area contributed by atoms with Gasteiger partial charge in [-0.3, -0.25) is 15.1 Å². The van der Waals surface area contributed by atoms with Crippen LogP contribution in [0, 0.1) is 17.0 Å². The first-order valence-electron chi connectivity index (χ1n) is 6.55. The second kappa shape index (κ2) is 6.10. The molecule has 0 atom stereocenters. The van der Waals surface area contributed by atoms with Gasteiger partial charge in [-0.05, 0) is 39.0 Å². The fraction of sp³-hybridized carbons (Fsp3) is 0.267. The van der Waals surface area contributed by atoms with E-state index >= 15 is 0 Å². The molecule has 0 amide bonds. The minimum atomic E-state index is -0.513. The Kier molecular flexibility index (Phi) is 4.43. The monoisotopic (exact) mass is 305 g/mol. The minimum Gasteiger partial charge on any atom is -0.349 e. The van der Waals surface area contributed by atoms with Crippen molar-refractivity contribution in [2.45, 2.75) is 26.8 Å². The van der Waals surface area contributed by atoms with E-state index in [9.17, 15) is 10.1 Å². The van der Waals surface area contributed by atoms with Crippen LogP contribution < -0.4 is 0 Å². The van der Waals surface area contributed by atoms with Crippen LogP contribution in [0.25, 0.3) is 0 Å². The lowest BCUT2D eigenvalue weighted by Crippen LogP contribution is -2.00. The van der Waals surface area contributed by atoms with Crippen LogP contribution in [0.1, 0.15) is 31.1 Å². The van der Waals surface area contributed by atoms with E-state index in [1.807, 2.05) is 19.2 Å². The molecule has 2 rings (SSSR count). The summed E-state index contributed by atoms with van der Waals surface area (Å²) in [5, 5.41) is 10.9. The van der Waals surface area contributed by atoms with Crippen LogP contribution in [-0.4, -0.2) is 15.7 Å². The Bertz CT molecular complexity index is 705. The molecule has 0 fully saturated rings. The molecule has 21 heavy (non-hydrogen) atoms. The molecular formula is C15H16ClN3O2. The van der Waals surface area contributed by atoms with Crippen molar-refractivity contribution < 1.29 is 4.92 Å². The van der Waals surface area contributed by atoms with E-state index in [4.69, 9.17) is 11.6 Å². The fourth-order valence-electron chi connectivity index (χ4n) is 2.11. The summed E-state index contributed by atoms with van der Waals surface area (Å²) in [6.45, 7) is 6.25. The van der Waals surface area contributed by atoms with Crippen molar-refractivity contribution in [3.63, 3.8) is 0 Å². The third-order valence-corrected chi connectivity index (χ3v) is 3.44. The molecule has 1 heterocycles. The molecule has 0 N–H and O–H groups in total. The number of aromatic nitrogens is 1. The molecule has 0 aliphatic carbocycles. The zero-order chi connectivity index (χ0) is 15.6. The van der Waals surface area contributed by atoms with Crippen LogP contribution in [-0.2, 0) is 0 Å². The quantitative estimate of drug-likeness (QED) is 0.467. The number of aliphatic imine (C=N–C) groups is 1. The first-order chi connectivity index (χ1) is 9.88. The molecule has 2 aromatic rings. The molecule has 6 heteroatoms. The Balaban J connectivity index is 2.27. The molecule has 0 spiro atoms. The van der Waals surface area contributed by atoms with Crippen LogP contribution in [0.15, 0.2) is 35.5 Å². The summed E-state index contributed by atoms with van der Waals surface area (Å²) in [4.78, 5) is 14.6. The molecule has 1 aromatic carbocycles. The number of benzene rings is 1. The SMILES string of the molecule is Cc1cc(C=Nc2ccc(Cl)c([N+](=O)[O-])c2)cn1C(C)C. The average molecular weight is 306 g/mol. The average Bonchev–Trinajstić information content (AvgIpc) is 2.79. The summed E-state index contributed by atoms with van der Waals surface area (Å²) in [6, 6.07) is 6.90. The van der Waals surface area contributed by atoms with Crippen molar-refractivity contribution in [3.8, 4) is 0 Å². The second-order valence-electron chi connectivity index (χ2n) is 5.07. The number of nitrogens with zero attached hydrogens (tertiary/aromatic N) is 3. The van der Waals surface area contributed by atoms with Crippen LogP contribution in [0.2, 0.25) is 5.02 Å². The normalized spacial score (nSPS) is 11.5. The van der Waals surface area contributed by atoms with Gasteiger partial charge in [-0.25, -0.2) is 0 Å². The minimum absolute atomic E-state index is 0.112. The van der Waals surface area contributed by atoms with Gasteiger partial charge in [-0.2, -0.15) is 0 Å². The Morgan fingerprint density at radius 3 is 2.67 bits per heavy atom. The molecule has 5 nitrogen and oxygen atoms in total. The Labute approximate surface area is 128 Å². The van der Waals surface area contributed by atoms with E-state index in [1.54, 1.807) is 12.3 Å². The van der Waals surface area contributed by atoms with E-state index in [2.05, 4.69) is 23.4 Å². The fourth-order valence-corrected chi connectivity index (χ4v) is 2.30. The highest BCUT2D eigenvalue weighted by Gasteiger charge is 2.12. The predicted octanol–water partition coefficient (Wildman–Crippen LogP) is 4.69. The maximum Gasteiger partial charge on any atom is 0.290 e. The number of hydrogen-bond acceptors (Lipinski definition) is 3. The topological polar surface area (TPSA) is 60.4 Å². The Morgan fingerprint density at radius 2 is 2.10 bits per heavy atom. The molecule has 0 aliphatic heterocycles. The number of aryl methyl sites for hydroxylation is 1. The third-order valence-electron chi connectivity index (χ3n) is 3.12. The van der Waals surface area contributed by atoms with E-state index in [1.165, 1.54) is 12.1 Å². The lowest BCUT2D eigenvalue weighted by Gasteiger charge is -2.08. The Hall–Kier alpha value is -2.14. The predicted molar refractivity (Wildman–Crippen MR) is 84.9 cm³/mol. The number of hydrogen-bond donors (Lipinski definition) is 0. The van der Waals surface area contributed by atoms with Crippen molar-refractivity contribution in [2.75, 3.05) is 0 Å². The standard InChI is InChI=1S/C15H16ClN3O2/c1-10(2)18-9-12(6-11(18)3)8-17-13-4-5-14(16)15(7-13)19(20)21/h4-10H,1-3H3. The lowest BCUT2D eigenvalue weighted by atomic mass is 10.3. The molecule has 1 aromatic heterocycles. The van der Waals surface area contributed by atoms with Gasteiger partial charge >= 0.3 is 0 Å². The summed E-state index contributed by atoms with van der Waals surface area (Å²) in [6.07, 6.45) is 3.70. The van der Waals surface area contributed by atoms with E-state index in [-0.39, 0.29) is 10.7 Å². The van der Waals surface area contributed by atoms with Crippen molar-refractivity contribution in [1.82, 2.24) is 4.57 Å². The number of rotatable bonds is 4. The summed E-state index contributed by atoms with van der Waals surface area (Å²) in [7, 11) is 0. The van der Waals surface area contributed by atoms with Gasteiger partial charge < -0.3 is 4.57 Å². The highest BCUT2D eigenvalue weighted by atomic mass is 35.5. The zero-order valence-corrected chi connectivity index (χ0v) is 12.8. The van der Waals surface area contributed by atoms with Gasteiger partial charge in [0.15, 0.2) is 0 Å². The molecule has 0 saturated carbocycles. The van der Waals surface area contributed by atoms with Gasteiger partial charge in [0.1, 0.15) is 5.02 Å². The summed E-state index contributed by atoms with van der Waals surface area (Å²) < 4.78 is 2.14. The Morgan fingerprint density at radius 1 is 1.38 bits per heavy atom. The molecular weight excluding hydrogens is 290 g/mol. The van der Waals surface area contributed by atoms with E-state index in [0.29, 0.717) is 11.7 Å². The third kappa shape index (κ3) is 3.49. The van der Waals surface area contributed by atoms with Gasteiger partial charge in [0, 0.05) is 35.8 Å². The van der Waals surface area contributed by atoms with Gasteiger partial charge in [0.25, 0.3) is 5.69 Å². The molecule has 0 aliphatic rings. The van der Waals surface area contributed by atoms with Crippen LogP contribution >= 0.6 is 11.6 Å². The maximum absolute atomic E-state index is 10.8. The summed E-state index contributed by atoms with van der Waals surface area (Å²) in [5.74, 6) is 0. The number of nitro groups is 1. The van der Waals surface area contributed by atoms with E-state index in [0.717, 1.165) is 11.3 Å².